The van der Waals surface area contributed by atoms with Crippen LogP contribution in [-0.2, 0) is 24.2 Å². The van der Waals surface area contributed by atoms with Crippen molar-refractivity contribution < 1.29 is 36.3 Å². The van der Waals surface area contributed by atoms with Gasteiger partial charge in [-0.15, -0.1) is 4.28 Å². The summed E-state index contributed by atoms with van der Waals surface area (Å²) in [4.78, 5) is 26.2. The van der Waals surface area contributed by atoms with Crippen molar-refractivity contribution in [2.45, 2.75) is 32.4 Å². The number of benzene rings is 1. The lowest BCUT2D eigenvalue weighted by molar-refractivity contribution is -0.148. The number of amides is 2. The molecule has 0 aromatic heterocycles. The molecule has 0 radical (unpaired) electrons. The molecule has 2 amide bonds. The van der Waals surface area contributed by atoms with Gasteiger partial charge < -0.3 is 14.4 Å². The van der Waals surface area contributed by atoms with E-state index in [1.54, 1.807) is 25.1 Å². The fourth-order valence-electron chi connectivity index (χ4n) is 3.27. The van der Waals surface area contributed by atoms with Gasteiger partial charge in [-0.2, -0.15) is 13.5 Å². The minimum Gasteiger partial charge on any atom is -0.494 e. The predicted octanol–water partition coefficient (Wildman–Crippen LogP) is 1.61. The third kappa shape index (κ3) is 3.70. The summed E-state index contributed by atoms with van der Waals surface area (Å²) >= 11 is 0. The zero-order valence-electron chi connectivity index (χ0n) is 14.8. The summed E-state index contributed by atoms with van der Waals surface area (Å²) in [5.41, 5.74) is 0.982. The molecule has 2 aliphatic rings. The second-order valence-electron chi connectivity index (χ2n) is 6.07. The number of ether oxygens (including phenoxy) is 2. The van der Waals surface area contributed by atoms with Gasteiger partial charge in [0, 0.05) is 0 Å². The molecule has 1 N–H and O–H groups in total. The lowest BCUT2D eigenvalue weighted by Crippen LogP contribution is -2.39. The van der Waals surface area contributed by atoms with Gasteiger partial charge in [-0.1, -0.05) is 13.0 Å². The SMILES string of the molecule is CCCOc1ccc2c(c1)[C@@H]1CN(C(=O)N1OS(=O)(=O)O)[C@H]2C(=O)OCC. The smallest absolute Gasteiger partial charge is 0.418 e. The summed E-state index contributed by atoms with van der Waals surface area (Å²) in [6.07, 6.45) is 0.788. The first-order chi connectivity index (χ1) is 12.8. The quantitative estimate of drug-likeness (QED) is 0.541. The van der Waals surface area contributed by atoms with Gasteiger partial charge in [0.25, 0.3) is 0 Å². The number of esters is 1. The van der Waals surface area contributed by atoms with Gasteiger partial charge in [-0.25, -0.2) is 9.59 Å². The van der Waals surface area contributed by atoms with E-state index in [4.69, 9.17) is 14.0 Å². The van der Waals surface area contributed by atoms with Crippen molar-refractivity contribution >= 4 is 22.4 Å². The fraction of sp³-hybridized carbons (Fsp3) is 0.500. The Morgan fingerprint density at radius 2 is 2.04 bits per heavy atom. The van der Waals surface area contributed by atoms with Crippen LogP contribution in [0.15, 0.2) is 18.2 Å². The molecule has 1 saturated heterocycles. The molecule has 1 aromatic carbocycles. The molecule has 0 saturated carbocycles. The highest BCUT2D eigenvalue weighted by Gasteiger charge is 2.52. The number of nitrogens with zero attached hydrogens (tertiary/aromatic N) is 2. The second-order valence-corrected chi connectivity index (χ2v) is 7.08. The number of rotatable bonds is 7. The van der Waals surface area contributed by atoms with Crippen LogP contribution in [0, 0.1) is 0 Å². The van der Waals surface area contributed by atoms with Crippen LogP contribution >= 0.6 is 0 Å². The van der Waals surface area contributed by atoms with E-state index in [2.05, 4.69) is 4.28 Å². The van der Waals surface area contributed by atoms with Crippen molar-refractivity contribution in [3.8, 4) is 5.75 Å². The Morgan fingerprint density at radius 1 is 1.30 bits per heavy atom. The summed E-state index contributed by atoms with van der Waals surface area (Å²) < 4.78 is 46.5. The van der Waals surface area contributed by atoms with E-state index >= 15 is 0 Å². The largest absolute Gasteiger partial charge is 0.494 e. The number of carbonyl (C=O) groups is 2. The summed E-state index contributed by atoms with van der Waals surface area (Å²) in [6, 6.07) is 2.22. The molecule has 0 spiro atoms. The monoisotopic (exact) mass is 400 g/mol. The topological polar surface area (TPSA) is 123 Å². The van der Waals surface area contributed by atoms with Gasteiger partial charge in [-0.05, 0) is 36.6 Å². The van der Waals surface area contributed by atoms with Crippen LogP contribution in [0.1, 0.15) is 43.5 Å². The van der Waals surface area contributed by atoms with Crippen LogP contribution in [0.3, 0.4) is 0 Å². The Kier molecular flexibility index (Phi) is 5.27. The third-order valence-corrected chi connectivity index (χ3v) is 4.62. The van der Waals surface area contributed by atoms with E-state index in [0.29, 0.717) is 28.5 Å². The molecule has 2 aliphatic heterocycles. The maximum absolute atomic E-state index is 12.6. The van der Waals surface area contributed by atoms with E-state index in [1.807, 2.05) is 6.92 Å². The van der Waals surface area contributed by atoms with Gasteiger partial charge >= 0.3 is 22.4 Å². The predicted molar refractivity (Wildman–Crippen MR) is 90.9 cm³/mol. The Morgan fingerprint density at radius 3 is 2.67 bits per heavy atom. The van der Waals surface area contributed by atoms with Crippen molar-refractivity contribution in [1.29, 1.82) is 0 Å². The number of fused-ring (bicyclic) bond motifs is 4. The molecular weight excluding hydrogens is 380 g/mol. The molecule has 2 heterocycles. The molecule has 1 aromatic rings. The number of hydroxylamine groups is 2. The van der Waals surface area contributed by atoms with Crippen molar-refractivity contribution in [1.82, 2.24) is 9.96 Å². The molecule has 11 heteroatoms. The Balaban J connectivity index is 2.06. The van der Waals surface area contributed by atoms with E-state index in [0.717, 1.165) is 11.3 Å². The minimum atomic E-state index is -4.92. The molecule has 2 bridgehead atoms. The number of hydrogen-bond acceptors (Lipinski definition) is 7. The summed E-state index contributed by atoms with van der Waals surface area (Å²) in [5, 5.41) is 0.553. The molecular formula is C16H20N2O8S. The standard InChI is InChI=1S/C16H20N2O8S/c1-3-7-25-10-5-6-11-12(8-10)13-9-17(14(11)15(19)24-4-2)16(20)18(13)26-27(21,22)23/h5-6,8,13-14H,3-4,7,9H2,1-2H3,(H,21,22,23)/t13-,14+/m0/s1. The van der Waals surface area contributed by atoms with Gasteiger partial charge in [0.1, 0.15) is 11.8 Å². The first-order valence-corrected chi connectivity index (χ1v) is 9.83. The van der Waals surface area contributed by atoms with E-state index < -0.39 is 34.5 Å². The normalized spacial score (nSPS) is 21.2. The van der Waals surface area contributed by atoms with Gasteiger partial charge in [0.05, 0.1) is 19.8 Å². The van der Waals surface area contributed by atoms with Crippen molar-refractivity contribution in [3.63, 3.8) is 0 Å². The Labute approximate surface area is 156 Å². The van der Waals surface area contributed by atoms with Crippen molar-refractivity contribution in [3.05, 3.63) is 29.3 Å². The van der Waals surface area contributed by atoms with Crippen LogP contribution in [0.2, 0.25) is 0 Å². The summed E-state index contributed by atoms with van der Waals surface area (Å²) in [5.74, 6) is -0.126. The summed E-state index contributed by atoms with van der Waals surface area (Å²) in [6.45, 7) is 4.19. The fourth-order valence-corrected chi connectivity index (χ4v) is 3.64. The molecule has 0 aliphatic carbocycles. The Hall–Kier alpha value is -2.37. The van der Waals surface area contributed by atoms with E-state index in [-0.39, 0.29) is 13.2 Å². The van der Waals surface area contributed by atoms with Crippen LogP contribution in [0.25, 0.3) is 0 Å². The van der Waals surface area contributed by atoms with Crippen LogP contribution in [0.5, 0.6) is 5.75 Å². The van der Waals surface area contributed by atoms with Gasteiger partial charge in [0.15, 0.2) is 6.04 Å². The highest BCUT2D eigenvalue weighted by Crippen LogP contribution is 2.45. The minimum absolute atomic E-state index is 0.00205. The number of urea groups is 1. The van der Waals surface area contributed by atoms with Gasteiger partial charge in [0.2, 0.25) is 0 Å². The molecule has 2 atom stereocenters. The average Bonchev–Trinajstić information content (AvgIpc) is 2.86. The first-order valence-electron chi connectivity index (χ1n) is 8.47. The number of hydrogen-bond donors (Lipinski definition) is 1. The number of carbonyl (C=O) groups excluding carboxylic acids is 2. The van der Waals surface area contributed by atoms with E-state index in [9.17, 15) is 18.0 Å². The molecule has 0 unspecified atom stereocenters. The lowest BCUT2D eigenvalue weighted by Gasteiger charge is -2.31. The van der Waals surface area contributed by atoms with Gasteiger partial charge in [-0.3, -0.25) is 4.55 Å². The van der Waals surface area contributed by atoms with Crippen LogP contribution < -0.4 is 4.74 Å². The maximum Gasteiger partial charge on any atom is 0.418 e. The van der Waals surface area contributed by atoms with Crippen molar-refractivity contribution in [2.24, 2.45) is 0 Å². The zero-order chi connectivity index (χ0) is 19.8. The highest BCUT2D eigenvalue weighted by molar-refractivity contribution is 7.80. The lowest BCUT2D eigenvalue weighted by atomic mass is 9.91. The van der Waals surface area contributed by atoms with Crippen molar-refractivity contribution in [2.75, 3.05) is 19.8 Å². The molecule has 1 fully saturated rings. The molecule has 10 nitrogen and oxygen atoms in total. The van der Waals surface area contributed by atoms with Crippen LogP contribution in [0.4, 0.5) is 4.79 Å². The molecule has 3 rings (SSSR count). The highest BCUT2D eigenvalue weighted by atomic mass is 32.3. The maximum atomic E-state index is 12.6. The Bertz CT molecular complexity index is 856. The van der Waals surface area contributed by atoms with E-state index in [1.165, 1.54) is 0 Å². The third-order valence-electron chi connectivity index (χ3n) is 4.27. The molecule has 27 heavy (non-hydrogen) atoms. The van der Waals surface area contributed by atoms with Crippen LogP contribution in [-0.4, -0.2) is 54.7 Å². The average molecular weight is 400 g/mol. The first kappa shape index (κ1) is 19.4. The molecule has 148 valence electrons. The summed E-state index contributed by atoms with van der Waals surface area (Å²) in [7, 11) is -4.92. The second kappa shape index (κ2) is 7.33. The zero-order valence-corrected chi connectivity index (χ0v) is 15.6.